The summed E-state index contributed by atoms with van der Waals surface area (Å²) >= 11 is 0. The number of hydrogen-bond donors (Lipinski definition) is 1. The minimum absolute atomic E-state index is 0.131. The fraction of sp³-hybridized carbons (Fsp3) is 0.696. The van der Waals surface area contributed by atoms with E-state index >= 15 is 0 Å². The Kier molecular flexibility index (Phi) is 9.96. The maximum absolute atomic E-state index is 12.5. The highest BCUT2D eigenvalue weighted by Gasteiger charge is 2.24. The van der Waals surface area contributed by atoms with Crippen molar-refractivity contribution in [2.24, 2.45) is 11.8 Å². The van der Waals surface area contributed by atoms with Gasteiger partial charge in [0.2, 0.25) is 5.91 Å². The molecule has 28 heavy (non-hydrogen) atoms. The van der Waals surface area contributed by atoms with Gasteiger partial charge < -0.3 is 19.7 Å². The van der Waals surface area contributed by atoms with Gasteiger partial charge in [-0.05, 0) is 56.8 Å². The number of carbonyl (C=O) groups excluding carboxylic acids is 1. The van der Waals surface area contributed by atoms with Crippen LogP contribution in [0.4, 0.5) is 0 Å². The molecule has 0 saturated carbocycles. The van der Waals surface area contributed by atoms with Crippen molar-refractivity contribution in [2.45, 2.75) is 59.8 Å². The number of carbonyl (C=O) groups is 1. The first-order valence-corrected chi connectivity index (χ1v) is 10.7. The highest BCUT2D eigenvalue weighted by molar-refractivity contribution is 5.78. The predicted octanol–water partition coefficient (Wildman–Crippen LogP) is 3.61. The quantitative estimate of drug-likeness (QED) is 0.627. The van der Waals surface area contributed by atoms with E-state index in [1.165, 1.54) is 5.56 Å². The van der Waals surface area contributed by atoms with Crippen LogP contribution in [0.15, 0.2) is 24.3 Å². The molecule has 1 aromatic rings. The van der Waals surface area contributed by atoms with Gasteiger partial charge in [-0.15, -0.1) is 0 Å². The molecule has 1 aliphatic rings. The number of benzene rings is 1. The van der Waals surface area contributed by atoms with Gasteiger partial charge in [-0.25, -0.2) is 0 Å². The summed E-state index contributed by atoms with van der Waals surface area (Å²) in [6, 6.07) is 8.32. The van der Waals surface area contributed by atoms with Crippen LogP contribution in [0.25, 0.3) is 0 Å². The third-order valence-electron chi connectivity index (χ3n) is 5.03. The lowest BCUT2D eigenvalue weighted by atomic mass is 9.96. The number of nitrogens with zero attached hydrogens (tertiary/aromatic N) is 1. The van der Waals surface area contributed by atoms with Gasteiger partial charge in [0.25, 0.3) is 0 Å². The highest BCUT2D eigenvalue weighted by atomic mass is 16.5. The first-order valence-electron chi connectivity index (χ1n) is 10.7. The molecule has 0 unspecified atom stereocenters. The van der Waals surface area contributed by atoms with Crippen LogP contribution in [0.5, 0.6) is 0 Å². The SMILES string of the molecule is CC(C)COCc1ccc(CNC(=O)C2CCN(CCOC(C)C)CC2)cc1. The molecule has 0 spiro atoms. The summed E-state index contributed by atoms with van der Waals surface area (Å²) in [6.07, 6.45) is 2.14. The average Bonchev–Trinajstić information content (AvgIpc) is 2.67. The van der Waals surface area contributed by atoms with Crippen LogP contribution in [0, 0.1) is 11.8 Å². The maximum Gasteiger partial charge on any atom is 0.223 e. The number of ether oxygens (including phenoxy) is 2. The molecule has 5 nitrogen and oxygen atoms in total. The Morgan fingerprint density at radius 2 is 1.75 bits per heavy atom. The number of likely N-dealkylation sites (tertiary alicyclic amines) is 1. The van der Waals surface area contributed by atoms with Crippen LogP contribution in [0.2, 0.25) is 0 Å². The molecule has 2 rings (SSSR count). The van der Waals surface area contributed by atoms with E-state index in [1.54, 1.807) is 0 Å². The Hall–Kier alpha value is -1.43. The van der Waals surface area contributed by atoms with Crippen LogP contribution in [-0.2, 0) is 27.4 Å². The van der Waals surface area contributed by atoms with Gasteiger partial charge in [-0.3, -0.25) is 4.79 Å². The van der Waals surface area contributed by atoms with Gasteiger partial charge in [0.05, 0.1) is 19.3 Å². The zero-order valence-electron chi connectivity index (χ0n) is 18.1. The summed E-state index contributed by atoms with van der Waals surface area (Å²) in [5.74, 6) is 0.864. The normalized spacial score (nSPS) is 16.1. The van der Waals surface area contributed by atoms with Gasteiger partial charge in [0, 0.05) is 25.6 Å². The third-order valence-corrected chi connectivity index (χ3v) is 5.03. The predicted molar refractivity (Wildman–Crippen MR) is 113 cm³/mol. The number of piperidine rings is 1. The molecule has 1 saturated heterocycles. The molecule has 158 valence electrons. The molecule has 1 aliphatic heterocycles. The molecule has 1 amide bonds. The van der Waals surface area contributed by atoms with E-state index in [-0.39, 0.29) is 17.9 Å². The summed E-state index contributed by atoms with van der Waals surface area (Å²) < 4.78 is 11.3. The lowest BCUT2D eigenvalue weighted by molar-refractivity contribution is -0.126. The molecule has 5 heteroatoms. The summed E-state index contributed by atoms with van der Waals surface area (Å²) in [5, 5.41) is 3.11. The molecule has 0 aliphatic carbocycles. The highest BCUT2D eigenvalue weighted by Crippen LogP contribution is 2.17. The fourth-order valence-electron chi connectivity index (χ4n) is 3.34. The number of rotatable bonds is 11. The maximum atomic E-state index is 12.5. The largest absolute Gasteiger partial charge is 0.377 e. The van der Waals surface area contributed by atoms with Crippen molar-refractivity contribution < 1.29 is 14.3 Å². The molecule has 0 atom stereocenters. The molecule has 1 heterocycles. The van der Waals surface area contributed by atoms with Crippen molar-refractivity contribution >= 4 is 5.91 Å². The van der Waals surface area contributed by atoms with Crippen molar-refractivity contribution in [1.82, 2.24) is 10.2 Å². The number of amides is 1. The molecular formula is C23H38N2O3. The second-order valence-electron chi connectivity index (χ2n) is 8.48. The van der Waals surface area contributed by atoms with Crippen LogP contribution in [-0.4, -0.2) is 49.8 Å². The van der Waals surface area contributed by atoms with Crippen molar-refractivity contribution in [3.8, 4) is 0 Å². The van der Waals surface area contributed by atoms with Crippen molar-refractivity contribution in [3.63, 3.8) is 0 Å². The van der Waals surface area contributed by atoms with Gasteiger partial charge in [-0.1, -0.05) is 38.1 Å². The van der Waals surface area contributed by atoms with E-state index in [0.29, 0.717) is 19.1 Å². The van der Waals surface area contributed by atoms with E-state index in [2.05, 4.69) is 62.2 Å². The smallest absolute Gasteiger partial charge is 0.223 e. The summed E-state index contributed by atoms with van der Waals surface area (Å²) in [6.45, 7) is 14.1. The van der Waals surface area contributed by atoms with Gasteiger partial charge in [0.15, 0.2) is 0 Å². The Bertz CT molecular complexity index is 564. The lowest BCUT2D eigenvalue weighted by Gasteiger charge is -2.31. The first-order chi connectivity index (χ1) is 13.4. The molecular weight excluding hydrogens is 352 g/mol. The second kappa shape index (κ2) is 12.2. The number of nitrogens with one attached hydrogen (secondary N) is 1. The first kappa shape index (κ1) is 22.9. The average molecular weight is 391 g/mol. The second-order valence-corrected chi connectivity index (χ2v) is 8.48. The molecule has 1 N–H and O–H groups in total. The van der Waals surface area contributed by atoms with E-state index in [9.17, 15) is 4.79 Å². The lowest BCUT2D eigenvalue weighted by Crippen LogP contribution is -2.41. The van der Waals surface area contributed by atoms with E-state index < -0.39 is 0 Å². The summed E-state index contributed by atoms with van der Waals surface area (Å²) in [4.78, 5) is 14.9. The van der Waals surface area contributed by atoms with Gasteiger partial charge in [-0.2, -0.15) is 0 Å². The van der Waals surface area contributed by atoms with E-state index in [0.717, 1.165) is 51.3 Å². The minimum Gasteiger partial charge on any atom is -0.377 e. The molecule has 1 fully saturated rings. The third kappa shape index (κ3) is 8.72. The monoisotopic (exact) mass is 390 g/mol. The molecule has 0 bridgehead atoms. The van der Waals surface area contributed by atoms with Crippen molar-refractivity contribution in [3.05, 3.63) is 35.4 Å². The molecule has 0 radical (unpaired) electrons. The zero-order valence-corrected chi connectivity index (χ0v) is 18.1. The van der Waals surface area contributed by atoms with Crippen LogP contribution < -0.4 is 5.32 Å². The van der Waals surface area contributed by atoms with Crippen LogP contribution in [0.1, 0.15) is 51.7 Å². The van der Waals surface area contributed by atoms with E-state index in [1.807, 2.05) is 0 Å². The zero-order chi connectivity index (χ0) is 20.4. The van der Waals surface area contributed by atoms with E-state index in [4.69, 9.17) is 9.47 Å². The van der Waals surface area contributed by atoms with Crippen LogP contribution in [0.3, 0.4) is 0 Å². The standard InChI is InChI=1S/C23H38N2O3/c1-18(2)16-27-17-21-7-5-20(6-8-21)15-24-23(26)22-9-11-25(12-10-22)13-14-28-19(3)4/h5-8,18-19,22H,9-17H2,1-4H3,(H,24,26). The summed E-state index contributed by atoms with van der Waals surface area (Å²) in [7, 11) is 0. The topological polar surface area (TPSA) is 50.8 Å². The minimum atomic E-state index is 0.131. The fourth-order valence-corrected chi connectivity index (χ4v) is 3.34. The van der Waals surface area contributed by atoms with Crippen LogP contribution >= 0.6 is 0 Å². The Morgan fingerprint density at radius 3 is 2.36 bits per heavy atom. The Morgan fingerprint density at radius 1 is 1.11 bits per heavy atom. The Balaban J connectivity index is 1.64. The van der Waals surface area contributed by atoms with Crippen molar-refractivity contribution in [1.29, 1.82) is 0 Å². The molecule has 1 aromatic carbocycles. The number of hydrogen-bond acceptors (Lipinski definition) is 4. The van der Waals surface area contributed by atoms with Crippen molar-refractivity contribution in [2.75, 3.05) is 32.8 Å². The van der Waals surface area contributed by atoms with Gasteiger partial charge >= 0.3 is 0 Å². The molecule has 0 aromatic heterocycles. The Labute approximate surface area is 170 Å². The summed E-state index contributed by atoms with van der Waals surface area (Å²) in [5.41, 5.74) is 2.30. The van der Waals surface area contributed by atoms with Gasteiger partial charge in [0.1, 0.15) is 0 Å².